The molecule has 0 atom stereocenters. The summed E-state index contributed by atoms with van der Waals surface area (Å²) in [5.41, 5.74) is 6.66. The van der Waals surface area contributed by atoms with E-state index in [2.05, 4.69) is 59.3 Å². The van der Waals surface area contributed by atoms with Crippen molar-refractivity contribution in [3.63, 3.8) is 0 Å². The maximum atomic E-state index is 12.3. The lowest BCUT2D eigenvalue weighted by Crippen LogP contribution is -2.24. The SMILES string of the molecule is Cc1cccc(Cn2c(CCCCCNC(=O)c3cccc(C)c3)nc3ccccc32)c1. The van der Waals surface area contributed by atoms with Crippen molar-refractivity contribution in [1.82, 2.24) is 14.9 Å². The highest BCUT2D eigenvalue weighted by atomic mass is 16.1. The highest BCUT2D eigenvalue weighted by Gasteiger charge is 2.11. The third-order valence-electron chi connectivity index (χ3n) is 5.80. The van der Waals surface area contributed by atoms with E-state index in [9.17, 15) is 4.79 Å². The summed E-state index contributed by atoms with van der Waals surface area (Å²) < 4.78 is 2.35. The highest BCUT2D eigenvalue weighted by Crippen LogP contribution is 2.20. The van der Waals surface area contributed by atoms with Crippen LogP contribution in [0.4, 0.5) is 0 Å². The Bertz CT molecular complexity index is 1210. The fourth-order valence-corrected chi connectivity index (χ4v) is 4.16. The maximum Gasteiger partial charge on any atom is 0.251 e. The van der Waals surface area contributed by atoms with Gasteiger partial charge in [0.2, 0.25) is 0 Å². The summed E-state index contributed by atoms with van der Waals surface area (Å²) in [6, 6.07) is 24.8. The Morgan fingerprint density at radius 1 is 0.875 bits per heavy atom. The second-order valence-electron chi connectivity index (χ2n) is 8.53. The number of hydrogen-bond donors (Lipinski definition) is 1. The van der Waals surface area contributed by atoms with Gasteiger partial charge in [0.25, 0.3) is 5.91 Å². The Kier molecular flexibility index (Phi) is 7.00. The first-order chi connectivity index (χ1) is 15.6. The van der Waals surface area contributed by atoms with Crippen molar-refractivity contribution >= 4 is 16.9 Å². The number of aryl methyl sites for hydroxylation is 3. The van der Waals surface area contributed by atoms with E-state index >= 15 is 0 Å². The summed E-state index contributed by atoms with van der Waals surface area (Å²) in [5, 5.41) is 3.04. The van der Waals surface area contributed by atoms with Gasteiger partial charge in [0.05, 0.1) is 11.0 Å². The second-order valence-corrected chi connectivity index (χ2v) is 8.53. The Morgan fingerprint density at radius 2 is 1.66 bits per heavy atom. The van der Waals surface area contributed by atoms with Crippen LogP contribution in [0.25, 0.3) is 11.0 Å². The van der Waals surface area contributed by atoms with Crippen molar-refractivity contribution in [2.45, 2.75) is 46.1 Å². The summed E-state index contributed by atoms with van der Waals surface area (Å²) in [5.74, 6) is 1.14. The van der Waals surface area contributed by atoms with E-state index in [1.807, 2.05) is 37.3 Å². The quantitative estimate of drug-likeness (QED) is 0.342. The molecule has 32 heavy (non-hydrogen) atoms. The summed E-state index contributed by atoms with van der Waals surface area (Å²) in [6.07, 6.45) is 4.02. The fourth-order valence-electron chi connectivity index (χ4n) is 4.16. The van der Waals surface area contributed by atoms with Crippen LogP contribution in [0.15, 0.2) is 72.8 Å². The predicted molar refractivity (Wildman–Crippen MR) is 131 cm³/mol. The van der Waals surface area contributed by atoms with Crippen LogP contribution in [0.2, 0.25) is 0 Å². The molecule has 0 bridgehead atoms. The third kappa shape index (κ3) is 5.44. The van der Waals surface area contributed by atoms with E-state index in [0.29, 0.717) is 6.54 Å². The summed E-state index contributed by atoms with van der Waals surface area (Å²) >= 11 is 0. The van der Waals surface area contributed by atoms with Crippen LogP contribution in [0.5, 0.6) is 0 Å². The zero-order valence-electron chi connectivity index (χ0n) is 19.0. The van der Waals surface area contributed by atoms with Crippen LogP contribution in [0.1, 0.15) is 52.1 Å². The number of nitrogens with one attached hydrogen (secondary N) is 1. The van der Waals surface area contributed by atoms with Gasteiger partial charge in [-0.25, -0.2) is 4.98 Å². The molecular weight excluding hydrogens is 394 g/mol. The third-order valence-corrected chi connectivity index (χ3v) is 5.80. The maximum absolute atomic E-state index is 12.3. The molecule has 1 amide bonds. The second kappa shape index (κ2) is 10.3. The van der Waals surface area contributed by atoms with E-state index in [1.54, 1.807) is 0 Å². The predicted octanol–water partition coefficient (Wildman–Crippen LogP) is 5.84. The van der Waals surface area contributed by atoms with Gasteiger partial charge < -0.3 is 9.88 Å². The van der Waals surface area contributed by atoms with E-state index in [0.717, 1.165) is 54.7 Å². The van der Waals surface area contributed by atoms with Gasteiger partial charge in [-0.3, -0.25) is 4.79 Å². The molecule has 1 heterocycles. The largest absolute Gasteiger partial charge is 0.352 e. The van der Waals surface area contributed by atoms with Crippen molar-refractivity contribution in [2.24, 2.45) is 0 Å². The van der Waals surface area contributed by atoms with E-state index in [1.165, 1.54) is 16.6 Å². The van der Waals surface area contributed by atoms with Gasteiger partial charge in [0.1, 0.15) is 5.82 Å². The van der Waals surface area contributed by atoms with Crippen molar-refractivity contribution in [3.8, 4) is 0 Å². The van der Waals surface area contributed by atoms with Crippen molar-refractivity contribution in [1.29, 1.82) is 0 Å². The number of para-hydroxylation sites is 2. The normalized spacial score (nSPS) is 11.1. The molecule has 0 fully saturated rings. The molecule has 0 unspecified atom stereocenters. The van der Waals surface area contributed by atoms with Gasteiger partial charge in [-0.2, -0.15) is 0 Å². The topological polar surface area (TPSA) is 46.9 Å². The molecule has 0 aliphatic heterocycles. The van der Waals surface area contributed by atoms with Gasteiger partial charge in [0, 0.05) is 25.1 Å². The molecule has 0 saturated heterocycles. The van der Waals surface area contributed by atoms with E-state index in [-0.39, 0.29) is 5.91 Å². The molecule has 0 spiro atoms. The number of imidazole rings is 1. The van der Waals surface area contributed by atoms with Crippen LogP contribution < -0.4 is 5.32 Å². The van der Waals surface area contributed by atoms with Crippen LogP contribution in [-0.4, -0.2) is 22.0 Å². The summed E-state index contributed by atoms with van der Waals surface area (Å²) in [7, 11) is 0. The summed E-state index contributed by atoms with van der Waals surface area (Å²) in [4.78, 5) is 17.2. The Balaban J connectivity index is 1.32. The molecule has 0 radical (unpaired) electrons. The first kappa shape index (κ1) is 21.8. The molecule has 0 aliphatic rings. The smallest absolute Gasteiger partial charge is 0.251 e. The Morgan fingerprint density at radius 3 is 2.47 bits per heavy atom. The van der Waals surface area contributed by atoms with Gasteiger partial charge in [-0.05, 0) is 56.5 Å². The zero-order valence-corrected chi connectivity index (χ0v) is 19.0. The average molecular weight is 426 g/mol. The minimum absolute atomic E-state index is 0.00801. The minimum atomic E-state index is 0.00801. The minimum Gasteiger partial charge on any atom is -0.352 e. The molecule has 4 rings (SSSR count). The summed E-state index contributed by atoms with van der Waals surface area (Å²) in [6.45, 7) is 5.67. The molecule has 4 aromatic rings. The number of hydrogen-bond acceptors (Lipinski definition) is 2. The first-order valence-electron chi connectivity index (χ1n) is 11.4. The average Bonchev–Trinajstić information content (AvgIpc) is 3.13. The van der Waals surface area contributed by atoms with Crippen molar-refractivity contribution in [2.75, 3.05) is 6.54 Å². The molecule has 4 nitrogen and oxygen atoms in total. The van der Waals surface area contributed by atoms with Crippen molar-refractivity contribution in [3.05, 3.63) is 101 Å². The zero-order chi connectivity index (χ0) is 22.3. The first-order valence-corrected chi connectivity index (χ1v) is 11.4. The number of rotatable bonds is 9. The van der Waals surface area contributed by atoms with Gasteiger partial charge >= 0.3 is 0 Å². The number of carbonyl (C=O) groups excluding carboxylic acids is 1. The van der Waals surface area contributed by atoms with Crippen LogP contribution in [-0.2, 0) is 13.0 Å². The number of amides is 1. The van der Waals surface area contributed by atoms with Crippen LogP contribution >= 0.6 is 0 Å². The van der Waals surface area contributed by atoms with Gasteiger partial charge in [-0.1, -0.05) is 66.1 Å². The standard InChI is InChI=1S/C28H31N3O/c1-21-10-8-12-23(18-21)20-31-26-15-6-5-14-25(26)30-27(31)16-4-3-7-17-29-28(32)24-13-9-11-22(2)19-24/h5-6,8-15,18-19H,3-4,7,16-17,20H2,1-2H3,(H,29,32). The van der Waals surface area contributed by atoms with Crippen LogP contribution in [0, 0.1) is 13.8 Å². The molecule has 1 N–H and O–H groups in total. The fraction of sp³-hybridized carbons (Fsp3) is 0.286. The molecular formula is C28H31N3O. The Hall–Kier alpha value is -3.40. The molecule has 0 saturated carbocycles. The number of nitrogens with zero attached hydrogens (tertiary/aromatic N) is 2. The molecule has 164 valence electrons. The van der Waals surface area contributed by atoms with E-state index < -0.39 is 0 Å². The lowest BCUT2D eigenvalue weighted by atomic mass is 10.1. The van der Waals surface area contributed by atoms with Crippen LogP contribution in [0.3, 0.4) is 0 Å². The molecule has 0 aliphatic carbocycles. The van der Waals surface area contributed by atoms with E-state index in [4.69, 9.17) is 4.98 Å². The number of carbonyl (C=O) groups is 1. The van der Waals surface area contributed by atoms with Gasteiger partial charge in [-0.15, -0.1) is 0 Å². The molecule has 4 heteroatoms. The highest BCUT2D eigenvalue weighted by molar-refractivity contribution is 5.94. The monoisotopic (exact) mass is 425 g/mol. The molecule has 3 aromatic carbocycles. The van der Waals surface area contributed by atoms with Gasteiger partial charge in [0.15, 0.2) is 0 Å². The number of aromatic nitrogens is 2. The number of unbranched alkanes of at least 4 members (excludes halogenated alkanes) is 2. The lowest BCUT2D eigenvalue weighted by molar-refractivity contribution is 0.0953. The number of benzene rings is 3. The van der Waals surface area contributed by atoms with Crippen molar-refractivity contribution < 1.29 is 4.79 Å². The Labute approximate surface area is 190 Å². The molecule has 1 aromatic heterocycles. The lowest BCUT2D eigenvalue weighted by Gasteiger charge is -2.10. The number of fused-ring (bicyclic) bond motifs is 1.